The molecule has 120 valence electrons. The first-order valence-corrected chi connectivity index (χ1v) is 7.49. The Labute approximate surface area is 143 Å². The fraction of sp³-hybridized carbons (Fsp3) is 0.0588. The van der Waals surface area contributed by atoms with Gasteiger partial charge in [0, 0.05) is 35.3 Å². The monoisotopic (exact) mass is 340 g/mol. The lowest BCUT2D eigenvalue weighted by Crippen LogP contribution is -2.11. The second kappa shape index (κ2) is 6.64. The number of para-hydroxylation sites is 1. The largest absolute Gasteiger partial charge is 0.295 e. The Morgan fingerprint density at radius 3 is 2.83 bits per heavy atom. The molecule has 0 amide bonds. The van der Waals surface area contributed by atoms with Crippen LogP contribution in [0.15, 0.2) is 59.8 Å². The highest BCUT2D eigenvalue weighted by molar-refractivity contribution is 6.30. The van der Waals surface area contributed by atoms with E-state index < -0.39 is 4.92 Å². The number of hydrazone groups is 1. The molecule has 0 fully saturated rings. The van der Waals surface area contributed by atoms with Gasteiger partial charge in [0.05, 0.1) is 16.7 Å². The maximum Gasteiger partial charge on any atom is 0.295 e. The van der Waals surface area contributed by atoms with Crippen LogP contribution in [-0.4, -0.2) is 23.2 Å². The summed E-state index contributed by atoms with van der Waals surface area (Å²) in [6, 6.07) is 14.0. The number of rotatable bonds is 4. The summed E-state index contributed by atoms with van der Waals surface area (Å²) in [4.78, 5) is 15.0. The summed E-state index contributed by atoms with van der Waals surface area (Å²) in [6.07, 6.45) is 3.36. The van der Waals surface area contributed by atoms with Crippen LogP contribution in [0, 0.1) is 10.1 Å². The zero-order valence-corrected chi connectivity index (χ0v) is 13.5. The zero-order chi connectivity index (χ0) is 17.1. The van der Waals surface area contributed by atoms with Crippen molar-refractivity contribution in [2.75, 3.05) is 12.1 Å². The van der Waals surface area contributed by atoms with Crippen LogP contribution in [0.3, 0.4) is 0 Å². The molecule has 0 spiro atoms. The first-order valence-electron chi connectivity index (χ1n) is 7.11. The molecule has 0 bridgehead atoms. The molecule has 0 unspecified atom stereocenters. The zero-order valence-electron chi connectivity index (χ0n) is 12.8. The summed E-state index contributed by atoms with van der Waals surface area (Å²) in [5, 5.41) is 18.2. The first-order chi connectivity index (χ1) is 11.6. The normalized spacial score (nSPS) is 11.1. The van der Waals surface area contributed by atoms with Gasteiger partial charge in [-0.15, -0.1) is 0 Å². The third-order valence-corrected chi connectivity index (χ3v) is 3.77. The summed E-state index contributed by atoms with van der Waals surface area (Å²) in [5.41, 5.74) is 2.01. The smallest absolute Gasteiger partial charge is 0.262 e. The molecule has 6 nitrogen and oxygen atoms in total. The standard InChI is InChI=1S/C17H13ClN4O2/c1-21(16-7-6-13(18)10-17(16)22(23)24)20-11-12-8-9-19-15-5-3-2-4-14(12)15/h2-11H,1H3. The van der Waals surface area contributed by atoms with Crippen molar-refractivity contribution in [3.05, 3.63) is 75.4 Å². The number of halogens is 1. The molecule has 1 heterocycles. The first kappa shape index (κ1) is 15.9. The minimum atomic E-state index is -0.477. The molecule has 3 rings (SSSR count). The molecule has 0 aliphatic heterocycles. The van der Waals surface area contributed by atoms with Gasteiger partial charge in [-0.2, -0.15) is 5.10 Å². The van der Waals surface area contributed by atoms with Crippen LogP contribution in [-0.2, 0) is 0 Å². The SMILES string of the molecule is CN(N=Cc1ccnc2ccccc12)c1ccc(Cl)cc1[N+](=O)[O-]. The van der Waals surface area contributed by atoms with Crippen LogP contribution < -0.4 is 5.01 Å². The van der Waals surface area contributed by atoms with Crippen LogP contribution in [0.1, 0.15) is 5.56 Å². The number of nitro benzene ring substituents is 1. The molecule has 0 aliphatic rings. The highest BCUT2D eigenvalue weighted by Crippen LogP contribution is 2.30. The molecule has 0 radical (unpaired) electrons. The third kappa shape index (κ3) is 3.18. The summed E-state index contributed by atoms with van der Waals surface area (Å²) >= 11 is 5.84. The summed E-state index contributed by atoms with van der Waals surface area (Å²) in [5.74, 6) is 0. The third-order valence-electron chi connectivity index (χ3n) is 3.54. The molecule has 0 atom stereocenters. The van der Waals surface area contributed by atoms with Crippen LogP contribution in [0.4, 0.5) is 11.4 Å². The Bertz CT molecular complexity index is 938. The highest BCUT2D eigenvalue weighted by Gasteiger charge is 2.17. The van der Waals surface area contributed by atoms with E-state index >= 15 is 0 Å². The topological polar surface area (TPSA) is 71.6 Å². The number of hydrogen-bond donors (Lipinski definition) is 0. The minimum Gasteiger partial charge on any atom is -0.262 e. The number of fused-ring (bicyclic) bond motifs is 1. The number of nitrogens with zero attached hydrogens (tertiary/aromatic N) is 4. The lowest BCUT2D eigenvalue weighted by molar-refractivity contribution is -0.384. The molecule has 2 aromatic carbocycles. The van der Waals surface area contributed by atoms with Crippen molar-refractivity contribution in [1.82, 2.24) is 4.98 Å². The van der Waals surface area contributed by atoms with Crippen molar-refractivity contribution < 1.29 is 4.92 Å². The van der Waals surface area contributed by atoms with Crippen molar-refractivity contribution in [2.45, 2.75) is 0 Å². The Morgan fingerprint density at radius 1 is 1.25 bits per heavy atom. The van der Waals surface area contributed by atoms with Gasteiger partial charge in [-0.25, -0.2) is 0 Å². The van der Waals surface area contributed by atoms with Gasteiger partial charge in [0.1, 0.15) is 5.69 Å². The molecular formula is C17H13ClN4O2. The van der Waals surface area contributed by atoms with Crippen LogP contribution >= 0.6 is 11.6 Å². The van der Waals surface area contributed by atoms with E-state index in [1.807, 2.05) is 30.3 Å². The number of hydrogen-bond acceptors (Lipinski definition) is 5. The van der Waals surface area contributed by atoms with Gasteiger partial charge in [0.2, 0.25) is 0 Å². The molecule has 0 aliphatic carbocycles. The van der Waals surface area contributed by atoms with E-state index in [9.17, 15) is 10.1 Å². The number of nitro groups is 1. The quantitative estimate of drug-likeness (QED) is 0.404. The van der Waals surface area contributed by atoms with Gasteiger partial charge in [-0.1, -0.05) is 29.8 Å². The van der Waals surface area contributed by atoms with Crippen molar-refractivity contribution >= 4 is 40.1 Å². The molecule has 0 saturated heterocycles. The maximum absolute atomic E-state index is 11.2. The number of aromatic nitrogens is 1. The maximum atomic E-state index is 11.2. The lowest BCUT2D eigenvalue weighted by Gasteiger charge is -2.13. The molecule has 0 N–H and O–H groups in total. The molecule has 0 saturated carbocycles. The molecule has 24 heavy (non-hydrogen) atoms. The molecule has 1 aromatic heterocycles. The second-order valence-corrected chi connectivity index (χ2v) is 5.51. The molecule has 7 heteroatoms. The van der Waals surface area contributed by atoms with Crippen molar-refractivity contribution in [2.24, 2.45) is 5.10 Å². The Kier molecular flexibility index (Phi) is 4.39. The number of benzene rings is 2. The Balaban J connectivity index is 1.96. The number of pyridine rings is 1. The van der Waals surface area contributed by atoms with E-state index in [0.29, 0.717) is 10.7 Å². The fourth-order valence-corrected chi connectivity index (χ4v) is 2.52. The number of anilines is 1. The average molecular weight is 341 g/mol. The van der Waals surface area contributed by atoms with Gasteiger partial charge in [0.15, 0.2) is 0 Å². The van der Waals surface area contributed by atoms with Gasteiger partial charge < -0.3 is 0 Å². The average Bonchev–Trinajstić information content (AvgIpc) is 2.59. The lowest BCUT2D eigenvalue weighted by atomic mass is 10.1. The Morgan fingerprint density at radius 2 is 2.04 bits per heavy atom. The Hall–Kier alpha value is -2.99. The van der Waals surface area contributed by atoms with E-state index in [1.165, 1.54) is 11.1 Å². The van der Waals surface area contributed by atoms with Gasteiger partial charge in [-0.05, 0) is 24.3 Å². The summed E-state index contributed by atoms with van der Waals surface area (Å²) in [6.45, 7) is 0. The molecular weight excluding hydrogens is 328 g/mol. The highest BCUT2D eigenvalue weighted by atomic mass is 35.5. The summed E-state index contributed by atoms with van der Waals surface area (Å²) in [7, 11) is 1.65. The van der Waals surface area contributed by atoms with E-state index in [4.69, 9.17) is 11.6 Å². The van der Waals surface area contributed by atoms with Crippen molar-refractivity contribution in [3.8, 4) is 0 Å². The van der Waals surface area contributed by atoms with E-state index in [0.717, 1.165) is 16.5 Å². The van der Waals surface area contributed by atoms with E-state index in [2.05, 4.69) is 10.1 Å². The van der Waals surface area contributed by atoms with Gasteiger partial charge >= 0.3 is 0 Å². The predicted molar refractivity (Wildman–Crippen MR) is 95.8 cm³/mol. The van der Waals surface area contributed by atoms with Gasteiger partial charge in [-0.3, -0.25) is 20.1 Å². The summed E-state index contributed by atoms with van der Waals surface area (Å²) < 4.78 is 0. The van der Waals surface area contributed by atoms with Crippen molar-refractivity contribution in [3.63, 3.8) is 0 Å². The second-order valence-electron chi connectivity index (χ2n) is 5.08. The van der Waals surface area contributed by atoms with Crippen LogP contribution in [0.2, 0.25) is 5.02 Å². The van der Waals surface area contributed by atoms with E-state index in [1.54, 1.807) is 31.6 Å². The predicted octanol–water partition coefficient (Wildman–Crippen LogP) is 4.27. The van der Waals surface area contributed by atoms with Crippen LogP contribution in [0.5, 0.6) is 0 Å². The van der Waals surface area contributed by atoms with E-state index in [-0.39, 0.29) is 5.69 Å². The van der Waals surface area contributed by atoms with Crippen LogP contribution in [0.25, 0.3) is 10.9 Å². The fourth-order valence-electron chi connectivity index (χ4n) is 2.36. The van der Waals surface area contributed by atoms with Gasteiger partial charge in [0.25, 0.3) is 5.69 Å². The molecule has 3 aromatic rings. The minimum absolute atomic E-state index is 0.0956. The van der Waals surface area contributed by atoms with Crippen molar-refractivity contribution in [1.29, 1.82) is 0 Å².